The molecule has 2 nitrogen and oxygen atoms in total. The molecule has 1 fully saturated rings. The quantitative estimate of drug-likeness (QED) is 0.690. The van der Waals surface area contributed by atoms with Crippen LogP contribution in [0, 0.1) is 11.8 Å². The predicted molar refractivity (Wildman–Crippen MR) is 64.0 cm³/mol. The predicted octanol–water partition coefficient (Wildman–Crippen LogP) is 2.63. The van der Waals surface area contributed by atoms with Crippen LogP contribution in [-0.2, 0) is 4.79 Å². The van der Waals surface area contributed by atoms with Gasteiger partial charge in [0.15, 0.2) is 5.78 Å². The molecule has 2 rings (SSSR count). The highest BCUT2D eigenvalue weighted by molar-refractivity contribution is 5.93. The lowest BCUT2D eigenvalue weighted by molar-refractivity contribution is -0.113. The molecule has 0 radical (unpaired) electrons. The second kappa shape index (κ2) is 3.85. The van der Waals surface area contributed by atoms with Gasteiger partial charge in [0.2, 0.25) is 0 Å². The van der Waals surface area contributed by atoms with Crippen LogP contribution in [-0.4, -0.2) is 16.5 Å². The van der Waals surface area contributed by atoms with Crippen LogP contribution in [0.2, 0.25) is 0 Å². The Labute approximate surface area is 97.0 Å². The van der Waals surface area contributed by atoms with Crippen LogP contribution in [0.5, 0.6) is 0 Å². The van der Waals surface area contributed by atoms with Crippen LogP contribution in [0.3, 0.4) is 0 Å². The molecule has 0 aromatic carbocycles. The second-order valence-corrected chi connectivity index (χ2v) is 5.43. The molecule has 0 amide bonds. The van der Waals surface area contributed by atoms with Gasteiger partial charge in [-0.25, -0.2) is 0 Å². The molecule has 0 aromatic rings. The Morgan fingerprint density at radius 1 is 1.56 bits per heavy atom. The van der Waals surface area contributed by atoms with Gasteiger partial charge in [-0.3, -0.25) is 4.79 Å². The number of hydrogen-bond acceptors (Lipinski definition) is 2. The van der Waals surface area contributed by atoms with Gasteiger partial charge in [0.05, 0.1) is 5.60 Å². The molecule has 0 heterocycles. The maximum Gasteiger partial charge on any atom is 0.155 e. The van der Waals surface area contributed by atoms with Crippen molar-refractivity contribution in [2.45, 2.75) is 45.1 Å². The summed E-state index contributed by atoms with van der Waals surface area (Å²) in [5.74, 6) is 0.587. The lowest BCUT2D eigenvalue weighted by atomic mass is 9.83. The molecule has 16 heavy (non-hydrogen) atoms. The van der Waals surface area contributed by atoms with E-state index in [2.05, 4.69) is 6.58 Å². The Morgan fingerprint density at radius 3 is 2.88 bits per heavy atom. The number of ketones is 1. The molecule has 3 atom stereocenters. The first-order valence-corrected chi connectivity index (χ1v) is 6.03. The molecule has 0 bridgehead atoms. The Kier molecular flexibility index (Phi) is 2.79. The number of carbonyl (C=O) groups excluding carboxylic acids is 1. The van der Waals surface area contributed by atoms with Crippen molar-refractivity contribution in [1.82, 2.24) is 0 Å². The highest BCUT2D eigenvalue weighted by Gasteiger charge is 2.44. The number of hydrogen-bond donors (Lipinski definition) is 1. The summed E-state index contributed by atoms with van der Waals surface area (Å²) in [7, 11) is 0. The lowest BCUT2D eigenvalue weighted by Gasteiger charge is -2.26. The van der Waals surface area contributed by atoms with E-state index in [9.17, 15) is 9.90 Å². The number of fused-ring (bicyclic) bond motifs is 1. The Bertz CT molecular complexity index is 363. The summed E-state index contributed by atoms with van der Waals surface area (Å²) in [5.41, 5.74) is 1.41. The summed E-state index contributed by atoms with van der Waals surface area (Å²) in [5, 5.41) is 10.3. The first kappa shape index (κ1) is 11.6. The van der Waals surface area contributed by atoms with Crippen molar-refractivity contribution in [3.05, 3.63) is 23.8 Å². The summed E-state index contributed by atoms with van der Waals surface area (Å²) >= 11 is 0. The molecule has 2 aliphatic rings. The fourth-order valence-corrected chi connectivity index (χ4v) is 3.06. The minimum Gasteiger partial charge on any atom is -0.390 e. The number of Topliss-reactive ketones (excluding diaryl/α,β-unsaturated/α-hetero) is 1. The summed E-state index contributed by atoms with van der Waals surface area (Å²) < 4.78 is 0. The molecule has 88 valence electrons. The number of rotatable bonds is 1. The first-order valence-electron chi connectivity index (χ1n) is 6.03. The standard InChI is InChI=1S/C14H20O2/c1-9-4-5-11(10(2)15)8-13-12(9)6-7-14(13,3)16/h8,12-13,16H,1,4-7H2,2-3H3/t12-,13-,14-/m1/s1. The topological polar surface area (TPSA) is 37.3 Å². The van der Waals surface area contributed by atoms with Gasteiger partial charge in [-0.15, -0.1) is 0 Å². The van der Waals surface area contributed by atoms with E-state index >= 15 is 0 Å². The van der Waals surface area contributed by atoms with Crippen LogP contribution in [0.1, 0.15) is 39.5 Å². The molecule has 0 aliphatic heterocycles. The molecular weight excluding hydrogens is 200 g/mol. The van der Waals surface area contributed by atoms with Crippen LogP contribution in [0.4, 0.5) is 0 Å². The van der Waals surface area contributed by atoms with Crippen LogP contribution in [0.25, 0.3) is 0 Å². The van der Waals surface area contributed by atoms with E-state index in [0.717, 1.165) is 31.3 Å². The van der Waals surface area contributed by atoms with Crippen LogP contribution in [0.15, 0.2) is 23.8 Å². The summed E-state index contributed by atoms with van der Waals surface area (Å²) in [4.78, 5) is 11.5. The minimum atomic E-state index is -0.668. The highest BCUT2D eigenvalue weighted by Crippen LogP contribution is 2.47. The average molecular weight is 220 g/mol. The fourth-order valence-electron chi connectivity index (χ4n) is 3.06. The van der Waals surface area contributed by atoms with E-state index in [4.69, 9.17) is 0 Å². The van der Waals surface area contributed by atoms with Crippen molar-refractivity contribution in [1.29, 1.82) is 0 Å². The van der Waals surface area contributed by atoms with Gasteiger partial charge in [0.1, 0.15) is 0 Å². The number of allylic oxidation sites excluding steroid dienone is 2. The average Bonchev–Trinajstić information content (AvgIpc) is 2.38. The summed E-state index contributed by atoms with van der Waals surface area (Å²) in [6.45, 7) is 7.61. The number of aliphatic hydroxyl groups is 1. The molecular formula is C14H20O2. The third-order valence-electron chi connectivity index (χ3n) is 4.19. The molecule has 2 aliphatic carbocycles. The monoisotopic (exact) mass is 220 g/mol. The van der Waals surface area contributed by atoms with Gasteiger partial charge in [-0.2, -0.15) is 0 Å². The van der Waals surface area contributed by atoms with E-state index in [1.165, 1.54) is 5.57 Å². The molecule has 1 saturated carbocycles. The van der Waals surface area contributed by atoms with Gasteiger partial charge in [0, 0.05) is 5.92 Å². The third kappa shape index (κ3) is 1.86. The van der Waals surface area contributed by atoms with Crippen molar-refractivity contribution in [2.24, 2.45) is 11.8 Å². The van der Waals surface area contributed by atoms with Crippen molar-refractivity contribution < 1.29 is 9.90 Å². The summed E-state index contributed by atoms with van der Waals surface area (Å²) in [6, 6.07) is 0. The Morgan fingerprint density at radius 2 is 2.25 bits per heavy atom. The van der Waals surface area contributed by atoms with Crippen molar-refractivity contribution in [3.63, 3.8) is 0 Å². The zero-order valence-electron chi connectivity index (χ0n) is 10.1. The van der Waals surface area contributed by atoms with E-state index in [1.54, 1.807) is 6.92 Å². The van der Waals surface area contributed by atoms with E-state index in [1.807, 2.05) is 13.0 Å². The number of carbonyl (C=O) groups is 1. The zero-order chi connectivity index (χ0) is 11.9. The fraction of sp³-hybridized carbons (Fsp3) is 0.643. The van der Waals surface area contributed by atoms with Crippen LogP contribution >= 0.6 is 0 Å². The van der Waals surface area contributed by atoms with Gasteiger partial charge in [0.25, 0.3) is 0 Å². The Balaban J connectivity index is 2.37. The van der Waals surface area contributed by atoms with Gasteiger partial charge in [-0.1, -0.05) is 18.2 Å². The van der Waals surface area contributed by atoms with Crippen molar-refractivity contribution in [3.8, 4) is 0 Å². The zero-order valence-corrected chi connectivity index (χ0v) is 10.1. The largest absolute Gasteiger partial charge is 0.390 e. The molecule has 0 spiro atoms. The normalized spacial score (nSPS) is 38.9. The van der Waals surface area contributed by atoms with E-state index < -0.39 is 5.60 Å². The minimum absolute atomic E-state index is 0.0846. The van der Waals surface area contributed by atoms with Crippen LogP contribution < -0.4 is 0 Å². The molecule has 0 aromatic heterocycles. The first-order chi connectivity index (χ1) is 7.42. The van der Waals surface area contributed by atoms with E-state index in [-0.39, 0.29) is 11.7 Å². The van der Waals surface area contributed by atoms with Crippen molar-refractivity contribution >= 4 is 5.78 Å². The second-order valence-electron chi connectivity index (χ2n) is 5.43. The summed E-state index contributed by atoms with van der Waals surface area (Å²) in [6.07, 6.45) is 5.50. The van der Waals surface area contributed by atoms with Gasteiger partial charge in [-0.05, 0) is 51.0 Å². The Hall–Kier alpha value is -0.890. The SMILES string of the molecule is C=C1CCC(C(C)=O)=C[C@@H]2[C@@H]1CC[C@@]2(C)O. The van der Waals surface area contributed by atoms with Gasteiger partial charge >= 0.3 is 0 Å². The third-order valence-corrected chi connectivity index (χ3v) is 4.19. The lowest BCUT2D eigenvalue weighted by Crippen LogP contribution is -2.30. The highest BCUT2D eigenvalue weighted by atomic mass is 16.3. The smallest absolute Gasteiger partial charge is 0.155 e. The van der Waals surface area contributed by atoms with Crippen molar-refractivity contribution in [2.75, 3.05) is 0 Å². The molecule has 0 saturated heterocycles. The maximum absolute atomic E-state index is 11.5. The maximum atomic E-state index is 11.5. The molecule has 2 heteroatoms. The van der Waals surface area contributed by atoms with Gasteiger partial charge < -0.3 is 5.11 Å². The molecule has 0 unspecified atom stereocenters. The molecule has 1 N–H and O–H groups in total. The van der Waals surface area contributed by atoms with E-state index in [0.29, 0.717) is 5.92 Å².